The lowest BCUT2D eigenvalue weighted by molar-refractivity contribution is 0.892. The molecule has 0 saturated heterocycles. The summed E-state index contributed by atoms with van der Waals surface area (Å²) in [5, 5.41) is 0. The topological polar surface area (TPSA) is 12.4 Å². The predicted octanol–water partition coefficient (Wildman–Crippen LogP) is 2.30. The maximum absolute atomic E-state index is 4.28. The van der Waals surface area contributed by atoms with E-state index in [1.165, 1.54) is 5.71 Å². The normalized spacial score (nSPS) is 18.3. The van der Waals surface area contributed by atoms with Gasteiger partial charge in [0.05, 0.1) is 5.71 Å². The molecule has 9 heavy (non-hydrogen) atoms. The van der Waals surface area contributed by atoms with Crippen molar-refractivity contribution >= 4 is 17.7 Å². The van der Waals surface area contributed by atoms with Crippen LogP contribution in [-0.2, 0) is 0 Å². The molecular weight excluding hydrogens is 130 g/mol. The van der Waals surface area contributed by atoms with Crippen molar-refractivity contribution in [3.63, 3.8) is 0 Å². The lowest BCUT2D eigenvalue weighted by Gasteiger charge is -2.06. The fraction of sp³-hybridized carbons (Fsp3) is 0.571. The Kier molecular flexibility index (Phi) is 2.34. The molecule has 1 heterocycles. The zero-order chi connectivity index (χ0) is 6.69. The Bertz CT molecular complexity index is 147. The summed E-state index contributed by atoms with van der Waals surface area (Å²) in [5.74, 6) is 1.62. The standard InChI is InChI=1S/C7H11NS/c1-6(2)7-4-3-5-9-8-7/h3-4,6H,5H2,1-2H3. The zero-order valence-corrected chi connectivity index (χ0v) is 6.61. The Morgan fingerprint density at radius 2 is 2.44 bits per heavy atom. The van der Waals surface area contributed by atoms with Crippen LogP contribution in [0.4, 0.5) is 0 Å². The van der Waals surface area contributed by atoms with Crippen LogP contribution in [0.5, 0.6) is 0 Å². The minimum Gasteiger partial charge on any atom is -0.221 e. The summed E-state index contributed by atoms with van der Waals surface area (Å²) in [6.45, 7) is 4.32. The molecule has 0 bridgehead atoms. The second kappa shape index (κ2) is 3.06. The first-order valence-corrected chi connectivity index (χ1v) is 4.11. The van der Waals surface area contributed by atoms with Crippen LogP contribution in [-0.4, -0.2) is 11.5 Å². The summed E-state index contributed by atoms with van der Waals surface area (Å²) in [6.07, 6.45) is 4.27. The van der Waals surface area contributed by atoms with Crippen LogP contribution in [0.1, 0.15) is 13.8 Å². The van der Waals surface area contributed by atoms with E-state index in [0.29, 0.717) is 5.92 Å². The minimum absolute atomic E-state index is 0.578. The molecule has 0 amide bonds. The maximum Gasteiger partial charge on any atom is 0.0509 e. The fourth-order valence-electron chi connectivity index (χ4n) is 0.652. The molecule has 1 aliphatic rings. The van der Waals surface area contributed by atoms with Gasteiger partial charge in [0.2, 0.25) is 0 Å². The smallest absolute Gasteiger partial charge is 0.0509 e. The van der Waals surface area contributed by atoms with Gasteiger partial charge in [0.15, 0.2) is 0 Å². The molecular formula is C7H11NS. The van der Waals surface area contributed by atoms with Crippen molar-refractivity contribution in [3.05, 3.63) is 12.2 Å². The largest absolute Gasteiger partial charge is 0.221 e. The molecule has 50 valence electrons. The highest BCUT2D eigenvalue weighted by Gasteiger charge is 2.02. The van der Waals surface area contributed by atoms with Crippen molar-refractivity contribution in [3.8, 4) is 0 Å². The summed E-state index contributed by atoms with van der Waals surface area (Å²) in [6, 6.07) is 0. The van der Waals surface area contributed by atoms with Crippen LogP contribution in [0, 0.1) is 5.92 Å². The van der Waals surface area contributed by atoms with E-state index in [1.807, 2.05) is 0 Å². The maximum atomic E-state index is 4.28. The predicted molar refractivity (Wildman–Crippen MR) is 43.9 cm³/mol. The highest BCUT2D eigenvalue weighted by Crippen LogP contribution is 2.12. The Morgan fingerprint density at radius 1 is 1.67 bits per heavy atom. The molecule has 0 radical (unpaired) electrons. The molecule has 0 spiro atoms. The van der Waals surface area contributed by atoms with E-state index in [1.54, 1.807) is 11.9 Å². The van der Waals surface area contributed by atoms with E-state index in [0.717, 1.165) is 5.75 Å². The zero-order valence-electron chi connectivity index (χ0n) is 5.79. The number of hydrogen-bond donors (Lipinski definition) is 0. The highest BCUT2D eigenvalue weighted by atomic mass is 32.2. The lowest BCUT2D eigenvalue weighted by atomic mass is 10.1. The number of allylic oxidation sites excluding steroid dienone is 1. The van der Waals surface area contributed by atoms with E-state index >= 15 is 0 Å². The molecule has 0 aromatic carbocycles. The van der Waals surface area contributed by atoms with Gasteiger partial charge in [-0.15, -0.1) is 0 Å². The molecule has 0 saturated carbocycles. The monoisotopic (exact) mass is 141 g/mol. The molecule has 1 nitrogen and oxygen atoms in total. The van der Waals surface area contributed by atoms with E-state index in [4.69, 9.17) is 0 Å². The second-order valence-corrected chi connectivity index (χ2v) is 3.14. The molecule has 0 fully saturated rings. The van der Waals surface area contributed by atoms with Gasteiger partial charge in [-0.2, -0.15) is 0 Å². The Balaban J connectivity index is 2.58. The van der Waals surface area contributed by atoms with E-state index < -0.39 is 0 Å². The Labute approximate surface area is 60.4 Å². The summed E-state index contributed by atoms with van der Waals surface area (Å²) < 4.78 is 4.28. The van der Waals surface area contributed by atoms with E-state index in [2.05, 4.69) is 30.4 Å². The Hall–Kier alpha value is -0.240. The van der Waals surface area contributed by atoms with Crippen LogP contribution in [0.25, 0.3) is 0 Å². The van der Waals surface area contributed by atoms with Gasteiger partial charge in [0.25, 0.3) is 0 Å². The van der Waals surface area contributed by atoms with Gasteiger partial charge in [-0.05, 0) is 23.9 Å². The van der Waals surface area contributed by atoms with Gasteiger partial charge in [-0.25, -0.2) is 4.40 Å². The van der Waals surface area contributed by atoms with Crippen LogP contribution in [0.3, 0.4) is 0 Å². The van der Waals surface area contributed by atoms with Crippen LogP contribution in [0.15, 0.2) is 16.5 Å². The fourth-order valence-corrected chi connectivity index (χ4v) is 1.33. The molecule has 0 aliphatic carbocycles. The first kappa shape index (κ1) is 6.87. The van der Waals surface area contributed by atoms with Gasteiger partial charge in [-0.1, -0.05) is 19.9 Å². The summed E-state index contributed by atoms with van der Waals surface area (Å²) in [7, 11) is 0. The average Bonchev–Trinajstić information content (AvgIpc) is 1.90. The third-order valence-electron chi connectivity index (χ3n) is 1.22. The van der Waals surface area contributed by atoms with Gasteiger partial charge < -0.3 is 0 Å². The van der Waals surface area contributed by atoms with Crippen molar-refractivity contribution in [1.82, 2.24) is 0 Å². The molecule has 0 aromatic rings. The Morgan fingerprint density at radius 3 is 2.78 bits per heavy atom. The molecule has 1 aliphatic heterocycles. The van der Waals surface area contributed by atoms with Crippen molar-refractivity contribution in [2.24, 2.45) is 10.3 Å². The summed E-state index contributed by atoms with van der Waals surface area (Å²) >= 11 is 1.63. The minimum atomic E-state index is 0.578. The second-order valence-electron chi connectivity index (χ2n) is 2.37. The molecule has 0 N–H and O–H groups in total. The number of nitrogens with zero attached hydrogens (tertiary/aromatic N) is 1. The molecule has 0 unspecified atom stereocenters. The van der Waals surface area contributed by atoms with E-state index in [9.17, 15) is 0 Å². The van der Waals surface area contributed by atoms with Crippen molar-refractivity contribution < 1.29 is 0 Å². The molecule has 0 atom stereocenters. The van der Waals surface area contributed by atoms with Crippen LogP contribution >= 0.6 is 11.9 Å². The van der Waals surface area contributed by atoms with Gasteiger partial charge in [0.1, 0.15) is 0 Å². The first-order valence-electron chi connectivity index (χ1n) is 3.17. The third-order valence-corrected chi connectivity index (χ3v) is 1.90. The third kappa shape index (κ3) is 1.86. The SMILES string of the molecule is CC(C)C1=NSCC=C1. The molecule has 2 heteroatoms. The molecule has 1 rings (SSSR count). The van der Waals surface area contributed by atoms with Crippen molar-refractivity contribution in [2.75, 3.05) is 5.75 Å². The van der Waals surface area contributed by atoms with E-state index in [-0.39, 0.29) is 0 Å². The summed E-state index contributed by atoms with van der Waals surface area (Å²) in [5.41, 5.74) is 1.21. The number of rotatable bonds is 1. The summed E-state index contributed by atoms with van der Waals surface area (Å²) in [4.78, 5) is 0. The van der Waals surface area contributed by atoms with Crippen molar-refractivity contribution in [2.45, 2.75) is 13.8 Å². The van der Waals surface area contributed by atoms with Crippen LogP contribution in [0.2, 0.25) is 0 Å². The average molecular weight is 141 g/mol. The molecule has 0 aromatic heterocycles. The van der Waals surface area contributed by atoms with Gasteiger partial charge >= 0.3 is 0 Å². The highest BCUT2D eigenvalue weighted by molar-refractivity contribution is 7.98. The lowest BCUT2D eigenvalue weighted by Crippen LogP contribution is -2.04. The van der Waals surface area contributed by atoms with Gasteiger partial charge in [0, 0.05) is 5.75 Å². The first-order chi connectivity index (χ1) is 4.30. The van der Waals surface area contributed by atoms with Crippen molar-refractivity contribution in [1.29, 1.82) is 0 Å². The number of hydrogen-bond acceptors (Lipinski definition) is 2. The quantitative estimate of drug-likeness (QED) is 0.510. The van der Waals surface area contributed by atoms with Crippen LogP contribution < -0.4 is 0 Å². The van der Waals surface area contributed by atoms with Gasteiger partial charge in [-0.3, -0.25) is 0 Å².